The molecule has 0 bridgehead atoms. The summed E-state index contributed by atoms with van der Waals surface area (Å²) >= 11 is 0. The first-order chi connectivity index (χ1) is 8.42. The van der Waals surface area contributed by atoms with Crippen molar-refractivity contribution in [3.63, 3.8) is 0 Å². The van der Waals surface area contributed by atoms with Crippen LogP contribution in [-0.2, 0) is 13.1 Å². The fourth-order valence-electron chi connectivity index (χ4n) is 2.08. The fourth-order valence-corrected chi connectivity index (χ4v) is 2.08. The Labute approximate surface area is 101 Å². The summed E-state index contributed by atoms with van der Waals surface area (Å²) in [6.45, 7) is 1.76. The zero-order valence-electron chi connectivity index (χ0n) is 9.58. The van der Waals surface area contributed by atoms with Crippen LogP contribution in [-0.4, -0.2) is 11.2 Å². The van der Waals surface area contributed by atoms with Crippen molar-refractivity contribution in [1.82, 2.24) is 5.01 Å². The van der Waals surface area contributed by atoms with Gasteiger partial charge in [-0.3, -0.25) is 5.01 Å². The van der Waals surface area contributed by atoms with Crippen LogP contribution in [0.1, 0.15) is 16.7 Å². The summed E-state index contributed by atoms with van der Waals surface area (Å²) in [6.07, 6.45) is 1.95. The van der Waals surface area contributed by atoms with Gasteiger partial charge in [-0.05, 0) is 16.7 Å². The lowest BCUT2D eigenvalue weighted by Crippen LogP contribution is -2.21. The second-order valence-electron chi connectivity index (χ2n) is 4.25. The molecule has 2 aromatic carbocycles. The van der Waals surface area contributed by atoms with Gasteiger partial charge in [0.1, 0.15) is 0 Å². The van der Waals surface area contributed by atoms with E-state index in [2.05, 4.69) is 58.6 Å². The van der Waals surface area contributed by atoms with Gasteiger partial charge in [0.15, 0.2) is 0 Å². The Kier molecular flexibility index (Phi) is 2.62. The van der Waals surface area contributed by atoms with Crippen molar-refractivity contribution in [2.45, 2.75) is 13.1 Å². The molecule has 2 heteroatoms. The Balaban J connectivity index is 1.77. The Morgan fingerprint density at radius 2 is 1.71 bits per heavy atom. The van der Waals surface area contributed by atoms with Crippen LogP contribution in [0.2, 0.25) is 0 Å². The number of hydrazone groups is 1. The molecule has 0 atom stereocenters. The smallest absolute Gasteiger partial charge is 0.0621 e. The molecule has 0 amide bonds. The Bertz CT molecular complexity index is 532. The highest BCUT2D eigenvalue weighted by Crippen LogP contribution is 2.17. The quantitative estimate of drug-likeness (QED) is 0.762. The van der Waals surface area contributed by atoms with E-state index < -0.39 is 0 Å². The summed E-state index contributed by atoms with van der Waals surface area (Å²) in [7, 11) is 0. The minimum Gasteiger partial charge on any atom is -0.288 e. The molecule has 1 aliphatic rings. The molecule has 0 saturated heterocycles. The topological polar surface area (TPSA) is 15.6 Å². The van der Waals surface area contributed by atoms with E-state index in [-0.39, 0.29) is 0 Å². The predicted octanol–water partition coefficient (Wildman–Crippen LogP) is 3.04. The van der Waals surface area contributed by atoms with Crippen LogP contribution in [0, 0.1) is 0 Å². The number of nitrogens with zero attached hydrogens (tertiary/aromatic N) is 2. The normalized spacial score (nSPS) is 13.5. The van der Waals surface area contributed by atoms with Gasteiger partial charge in [0.05, 0.1) is 19.3 Å². The van der Waals surface area contributed by atoms with Crippen molar-refractivity contribution in [3.05, 3.63) is 71.3 Å². The van der Waals surface area contributed by atoms with Crippen molar-refractivity contribution in [3.8, 4) is 0 Å². The lowest BCUT2D eigenvalue weighted by Gasteiger charge is -2.23. The molecule has 0 radical (unpaired) electrons. The second kappa shape index (κ2) is 4.42. The molecule has 2 aromatic rings. The van der Waals surface area contributed by atoms with Crippen LogP contribution >= 0.6 is 0 Å². The lowest BCUT2D eigenvalue weighted by atomic mass is 10.1. The van der Waals surface area contributed by atoms with E-state index in [0.717, 1.165) is 13.1 Å². The van der Waals surface area contributed by atoms with E-state index in [1.807, 2.05) is 12.3 Å². The summed E-state index contributed by atoms with van der Waals surface area (Å²) in [5, 5.41) is 6.57. The van der Waals surface area contributed by atoms with Crippen LogP contribution in [0.5, 0.6) is 0 Å². The number of hydrogen-bond donors (Lipinski definition) is 0. The molecule has 0 fully saturated rings. The summed E-state index contributed by atoms with van der Waals surface area (Å²) in [5.74, 6) is 0. The summed E-state index contributed by atoms with van der Waals surface area (Å²) in [4.78, 5) is 0. The average Bonchev–Trinajstić information content (AvgIpc) is 2.40. The Hall–Kier alpha value is -2.09. The summed E-state index contributed by atoms with van der Waals surface area (Å²) in [5.41, 5.74) is 3.87. The molecule has 0 aromatic heterocycles. The molecule has 0 aliphatic carbocycles. The van der Waals surface area contributed by atoms with Gasteiger partial charge in [-0.1, -0.05) is 54.6 Å². The molecule has 0 spiro atoms. The van der Waals surface area contributed by atoms with Crippen LogP contribution in [0.3, 0.4) is 0 Å². The zero-order chi connectivity index (χ0) is 11.5. The van der Waals surface area contributed by atoms with Gasteiger partial charge in [0.25, 0.3) is 0 Å². The average molecular weight is 222 g/mol. The fraction of sp³-hybridized carbons (Fsp3) is 0.133. The van der Waals surface area contributed by atoms with E-state index in [1.54, 1.807) is 0 Å². The van der Waals surface area contributed by atoms with E-state index in [0.29, 0.717) is 0 Å². The maximum absolute atomic E-state index is 4.47. The summed E-state index contributed by atoms with van der Waals surface area (Å²) < 4.78 is 0. The Morgan fingerprint density at radius 3 is 2.59 bits per heavy atom. The first-order valence-electron chi connectivity index (χ1n) is 5.82. The highest BCUT2D eigenvalue weighted by molar-refractivity contribution is 5.82. The maximum Gasteiger partial charge on any atom is 0.0621 e. The highest BCUT2D eigenvalue weighted by atomic mass is 15.4. The third kappa shape index (κ3) is 2.21. The first kappa shape index (κ1) is 10.1. The molecule has 3 rings (SSSR count). The molecule has 0 N–H and O–H groups in total. The maximum atomic E-state index is 4.47. The van der Waals surface area contributed by atoms with E-state index in [1.165, 1.54) is 16.7 Å². The number of rotatable bonds is 2. The van der Waals surface area contributed by atoms with Gasteiger partial charge in [-0.25, -0.2) is 0 Å². The van der Waals surface area contributed by atoms with E-state index in [9.17, 15) is 0 Å². The minimum absolute atomic E-state index is 0.867. The number of hydrogen-bond acceptors (Lipinski definition) is 2. The predicted molar refractivity (Wildman–Crippen MR) is 69.7 cm³/mol. The van der Waals surface area contributed by atoms with Gasteiger partial charge in [-0.15, -0.1) is 0 Å². The van der Waals surface area contributed by atoms with Gasteiger partial charge < -0.3 is 0 Å². The first-order valence-corrected chi connectivity index (χ1v) is 5.82. The number of fused-ring (bicyclic) bond motifs is 1. The summed E-state index contributed by atoms with van der Waals surface area (Å²) in [6, 6.07) is 18.9. The lowest BCUT2D eigenvalue weighted by molar-refractivity contribution is 0.268. The van der Waals surface area contributed by atoms with Crippen molar-refractivity contribution < 1.29 is 0 Å². The van der Waals surface area contributed by atoms with E-state index >= 15 is 0 Å². The third-order valence-electron chi connectivity index (χ3n) is 2.98. The monoisotopic (exact) mass is 222 g/mol. The molecule has 1 aliphatic heterocycles. The molecular formula is C15H14N2. The van der Waals surface area contributed by atoms with Gasteiger partial charge >= 0.3 is 0 Å². The van der Waals surface area contributed by atoms with Crippen molar-refractivity contribution >= 4 is 6.21 Å². The molecular weight excluding hydrogens is 208 g/mol. The minimum atomic E-state index is 0.867. The van der Waals surface area contributed by atoms with Crippen molar-refractivity contribution in [1.29, 1.82) is 0 Å². The van der Waals surface area contributed by atoms with Gasteiger partial charge in [0, 0.05) is 0 Å². The standard InChI is InChI=1S/C15H14N2/c1-2-6-13(7-3-1)11-17-12-15-9-5-4-8-14(15)10-16-17/h1-10H,11-12H2. The van der Waals surface area contributed by atoms with Gasteiger partial charge in [-0.2, -0.15) is 5.10 Å². The molecule has 84 valence electrons. The van der Waals surface area contributed by atoms with Crippen LogP contribution in [0.15, 0.2) is 59.7 Å². The molecule has 2 nitrogen and oxygen atoms in total. The number of benzene rings is 2. The Morgan fingerprint density at radius 1 is 0.941 bits per heavy atom. The van der Waals surface area contributed by atoms with Crippen LogP contribution in [0.25, 0.3) is 0 Å². The molecule has 1 heterocycles. The third-order valence-corrected chi connectivity index (χ3v) is 2.98. The zero-order valence-corrected chi connectivity index (χ0v) is 9.58. The van der Waals surface area contributed by atoms with Crippen LogP contribution < -0.4 is 0 Å². The molecule has 0 unspecified atom stereocenters. The second-order valence-corrected chi connectivity index (χ2v) is 4.25. The van der Waals surface area contributed by atoms with Crippen molar-refractivity contribution in [2.24, 2.45) is 5.10 Å². The van der Waals surface area contributed by atoms with Crippen LogP contribution in [0.4, 0.5) is 0 Å². The SMILES string of the molecule is C1=NN(Cc2ccccc2)Cc2ccccc21. The molecule has 17 heavy (non-hydrogen) atoms. The van der Waals surface area contributed by atoms with Gasteiger partial charge in [0.2, 0.25) is 0 Å². The van der Waals surface area contributed by atoms with E-state index in [4.69, 9.17) is 0 Å². The van der Waals surface area contributed by atoms with Crippen molar-refractivity contribution in [2.75, 3.05) is 0 Å². The largest absolute Gasteiger partial charge is 0.288 e. The highest BCUT2D eigenvalue weighted by Gasteiger charge is 2.10. The molecule has 0 saturated carbocycles.